The quantitative estimate of drug-likeness (QED) is 0.675. The molecule has 164 valence electrons. The third-order valence-corrected chi connectivity index (χ3v) is 6.62. The highest BCUT2D eigenvalue weighted by Gasteiger charge is 2.25. The number of hydrogen-bond donors (Lipinski definition) is 1. The molecule has 1 atom stereocenters. The molecule has 0 amide bonds. The lowest BCUT2D eigenvalue weighted by molar-refractivity contribution is 0.0540. The lowest BCUT2D eigenvalue weighted by atomic mass is 9.95. The third-order valence-electron chi connectivity index (χ3n) is 6.62. The molecular weight excluding hydrogens is 376 g/mol. The van der Waals surface area contributed by atoms with Crippen molar-refractivity contribution in [1.29, 1.82) is 0 Å². The van der Waals surface area contributed by atoms with Crippen LogP contribution in [-0.4, -0.2) is 53.8 Å². The van der Waals surface area contributed by atoms with E-state index >= 15 is 0 Å². The molecular formula is C25H36N2O3. The van der Waals surface area contributed by atoms with Gasteiger partial charge < -0.3 is 14.3 Å². The Hall–Kier alpha value is -1.66. The molecule has 2 fully saturated rings. The molecule has 5 nitrogen and oxygen atoms in total. The molecule has 2 aliphatic heterocycles. The summed E-state index contributed by atoms with van der Waals surface area (Å²) in [7, 11) is 0. The van der Waals surface area contributed by atoms with E-state index in [4.69, 9.17) is 9.15 Å². The fraction of sp³-hybridized carbons (Fsp3) is 0.600. The minimum absolute atomic E-state index is 0.0366. The molecule has 0 spiro atoms. The van der Waals surface area contributed by atoms with Crippen LogP contribution in [0.2, 0.25) is 0 Å². The van der Waals surface area contributed by atoms with Gasteiger partial charge in [-0.25, -0.2) is 0 Å². The smallest absolute Gasteiger partial charge is 0.129 e. The number of likely N-dealkylation sites (tertiary alicyclic amines) is 1. The molecule has 1 N–H and O–H groups in total. The molecule has 1 aromatic carbocycles. The average molecular weight is 413 g/mol. The van der Waals surface area contributed by atoms with E-state index < -0.39 is 0 Å². The van der Waals surface area contributed by atoms with E-state index in [1.807, 2.05) is 12.1 Å². The van der Waals surface area contributed by atoms with Crippen LogP contribution in [0.15, 0.2) is 40.8 Å². The first kappa shape index (κ1) is 21.6. The van der Waals surface area contributed by atoms with Gasteiger partial charge in [-0.3, -0.25) is 9.80 Å². The third kappa shape index (κ3) is 5.94. The monoisotopic (exact) mass is 412 g/mol. The Morgan fingerprint density at radius 2 is 1.83 bits per heavy atom. The highest BCUT2D eigenvalue weighted by Crippen LogP contribution is 2.24. The summed E-state index contributed by atoms with van der Waals surface area (Å²) >= 11 is 0. The van der Waals surface area contributed by atoms with E-state index in [0.29, 0.717) is 17.8 Å². The van der Waals surface area contributed by atoms with E-state index in [0.717, 1.165) is 45.0 Å². The van der Waals surface area contributed by atoms with Crippen molar-refractivity contribution in [2.75, 3.05) is 32.8 Å². The van der Waals surface area contributed by atoms with Crippen LogP contribution in [0.1, 0.15) is 48.3 Å². The maximum absolute atomic E-state index is 9.29. The Labute approximate surface area is 180 Å². The van der Waals surface area contributed by atoms with Crippen molar-refractivity contribution in [2.45, 2.75) is 58.4 Å². The Bertz CT molecular complexity index is 776. The van der Waals surface area contributed by atoms with Crippen molar-refractivity contribution in [3.63, 3.8) is 0 Å². The van der Waals surface area contributed by atoms with Gasteiger partial charge in [-0.1, -0.05) is 24.3 Å². The Balaban J connectivity index is 1.30. The topological polar surface area (TPSA) is 49.1 Å². The number of furan rings is 1. The number of piperidine rings is 1. The van der Waals surface area contributed by atoms with Gasteiger partial charge in [0.05, 0.1) is 12.6 Å². The zero-order valence-corrected chi connectivity index (χ0v) is 18.3. The second-order valence-electron chi connectivity index (χ2n) is 9.00. The number of benzene rings is 1. The number of aliphatic hydroxyl groups is 1. The molecule has 1 unspecified atom stereocenters. The highest BCUT2D eigenvalue weighted by molar-refractivity contribution is 5.25. The van der Waals surface area contributed by atoms with Crippen LogP contribution in [0.3, 0.4) is 0 Å². The fourth-order valence-electron chi connectivity index (χ4n) is 4.81. The number of aryl methyl sites for hydroxylation is 1. The molecule has 1 aromatic heterocycles. The summed E-state index contributed by atoms with van der Waals surface area (Å²) in [6.07, 6.45) is 5.16. The summed E-state index contributed by atoms with van der Waals surface area (Å²) in [6, 6.07) is 12.6. The van der Waals surface area contributed by atoms with Gasteiger partial charge in [-0.05, 0) is 74.9 Å². The Morgan fingerprint density at radius 1 is 1.03 bits per heavy atom. The molecule has 3 heterocycles. The second-order valence-corrected chi connectivity index (χ2v) is 9.00. The first-order valence-corrected chi connectivity index (χ1v) is 11.5. The van der Waals surface area contributed by atoms with Gasteiger partial charge >= 0.3 is 0 Å². The average Bonchev–Trinajstić information content (AvgIpc) is 3.43. The van der Waals surface area contributed by atoms with Gasteiger partial charge in [0.25, 0.3) is 0 Å². The van der Waals surface area contributed by atoms with Crippen molar-refractivity contribution in [3.8, 4) is 0 Å². The van der Waals surface area contributed by atoms with Gasteiger partial charge in [-0.15, -0.1) is 0 Å². The van der Waals surface area contributed by atoms with Crippen LogP contribution in [0.4, 0.5) is 0 Å². The van der Waals surface area contributed by atoms with E-state index in [1.165, 1.54) is 43.5 Å². The van der Waals surface area contributed by atoms with Gasteiger partial charge in [0, 0.05) is 26.2 Å². The van der Waals surface area contributed by atoms with Crippen LogP contribution in [0.25, 0.3) is 0 Å². The summed E-state index contributed by atoms with van der Waals surface area (Å²) < 4.78 is 11.7. The first-order valence-electron chi connectivity index (χ1n) is 11.5. The van der Waals surface area contributed by atoms with Crippen molar-refractivity contribution in [3.05, 3.63) is 59.0 Å². The largest absolute Gasteiger partial charge is 0.462 e. The van der Waals surface area contributed by atoms with Crippen molar-refractivity contribution < 1.29 is 14.3 Å². The lowest BCUT2D eigenvalue weighted by Crippen LogP contribution is -2.40. The maximum Gasteiger partial charge on any atom is 0.129 e. The van der Waals surface area contributed by atoms with Gasteiger partial charge in [0.1, 0.15) is 18.1 Å². The number of hydrogen-bond acceptors (Lipinski definition) is 5. The summed E-state index contributed by atoms with van der Waals surface area (Å²) in [6.45, 7) is 9.33. The first-order chi connectivity index (χ1) is 14.7. The standard InChI is InChI=1S/C25H36N2O3/c1-20-5-2-3-6-22(20)16-26-12-10-21(11-13-26)15-27(17-23-7-4-14-29-23)18-24-8-9-25(19-28)30-24/h2-3,5-6,8-9,21,23,28H,4,7,10-19H2,1H3. The van der Waals surface area contributed by atoms with Crippen molar-refractivity contribution in [2.24, 2.45) is 5.92 Å². The minimum Gasteiger partial charge on any atom is -0.462 e. The van der Waals surface area contributed by atoms with Crippen LogP contribution >= 0.6 is 0 Å². The molecule has 0 bridgehead atoms. The normalized spacial score (nSPS) is 21.0. The minimum atomic E-state index is -0.0366. The van der Waals surface area contributed by atoms with Crippen LogP contribution in [-0.2, 0) is 24.4 Å². The molecule has 4 rings (SSSR count). The summed E-state index contributed by atoms with van der Waals surface area (Å²) in [5, 5.41) is 9.29. The SMILES string of the molecule is Cc1ccccc1CN1CCC(CN(Cc2ccc(CO)o2)CC2CCCO2)CC1. The summed E-state index contributed by atoms with van der Waals surface area (Å²) in [5.41, 5.74) is 2.84. The van der Waals surface area contributed by atoms with Gasteiger partial charge in [0.2, 0.25) is 0 Å². The van der Waals surface area contributed by atoms with Crippen molar-refractivity contribution in [1.82, 2.24) is 9.80 Å². The lowest BCUT2D eigenvalue weighted by Gasteiger charge is -2.35. The highest BCUT2D eigenvalue weighted by atomic mass is 16.5. The van der Waals surface area contributed by atoms with E-state index in [9.17, 15) is 5.11 Å². The van der Waals surface area contributed by atoms with Crippen LogP contribution < -0.4 is 0 Å². The molecule has 0 radical (unpaired) electrons. The Kier molecular flexibility index (Phi) is 7.61. The van der Waals surface area contributed by atoms with Crippen molar-refractivity contribution >= 4 is 0 Å². The molecule has 30 heavy (non-hydrogen) atoms. The molecule has 2 saturated heterocycles. The van der Waals surface area contributed by atoms with Crippen LogP contribution in [0, 0.1) is 12.8 Å². The molecule has 0 saturated carbocycles. The molecule has 0 aliphatic carbocycles. The molecule has 5 heteroatoms. The molecule has 2 aromatic rings. The zero-order chi connectivity index (χ0) is 20.8. The van der Waals surface area contributed by atoms with Gasteiger partial charge in [0.15, 0.2) is 0 Å². The summed E-state index contributed by atoms with van der Waals surface area (Å²) in [4.78, 5) is 5.11. The molecule has 2 aliphatic rings. The predicted octanol–water partition coefficient (Wildman–Crippen LogP) is 3.97. The number of rotatable bonds is 9. The Morgan fingerprint density at radius 3 is 2.53 bits per heavy atom. The second kappa shape index (κ2) is 10.6. The summed E-state index contributed by atoms with van der Waals surface area (Å²) in [5.74, 6) is 2.30. The number of aliphatic hydroxyl groups excluding tert-OH is 1. The number of nitrogens with zero attached hydrogens (tertiary/aromatic N) is 2. The van der Waals surface area contributed by atoms with E-state index in [2.05, 4.69) is 41.0 Å². The zero-order valence-electron chi connectivity index (χ0n) is 18.3. The van der Waals surface area contributed by atoms with Gasteiger partial charge in [-0.2, -0.15) is 0 Å². The van der Waals surface area contributed by atoms with Crippen LogP contribution in [0.5, 0.6) is 0 Å². The maximum atomic E-state index is 9.29. The van der Waals surface area contributed by atoms with E-state index in [1.54, 1.807) is 0 Å². The predicted molar refractivity (Wildman–Crippen MR) is 118 cm³/mol. The van der Waals surface area contributed by atoms with E-state index in [-0.39, 0.29) is 6.61 Å². The number of ether oxygens (including phenoxy) is 1. The fourth-order valence-corrected chi connectivity index (χ4v) is 4.81.